The lowest BCUT2D eigenvalue weighted by Gasteiger charge is -2.27. The van der Waals surface area contributed by atoms with Gasteiger partial charge >= 0.3 is 5.97 Å². The van der Waals surface area contributed by atoms with Crippen LogP contribution in [0.2, 0.25) is 0 Å². The zero-order chi connectivity index (χ0) is 21.4. The summed E-state index contributed by atoms with van der Waals surface area (Å²) in [6.07, 6.45) is -0.0000340. The molecule has 0 heterocycles. The molecule has 0 aliphatic heterocycles. The number of carbonyl (C=O) groups excluding carboxylic acids is 1. The highest BCUT2D eigenvalue weighted by Gasteiger charge is 2.40. The van der Waals surface area contributed by atoms with Crippen LogP contribution in [0.1, 0.15) is 29.5 Å². The Balaban J connectivity index is 1.95. The fraction of sp³-hybridized carbons (Fsp3) is 0.125. The van der Waals surface area contributed by atoms with E-state index in [2.05, 4.69) is 10.5 Å². The predicted octanol–water partition coefficient (Wildman–Crippen LogP) is 3.31. The molecule has 3 rings (SSSR count). The van der Waals surface area contributed by atoms with Crippen LogP contribution in [0.4, 0.5) is 0 Å². The molecule has 0 aromatic heterocycles. The molecule has 0 unspecified atom stereocenters. The largest absolute Gasteiger partial charge is 0.481 e. The number of benzene rings is 3. The SMILES string of the molecule is O=C(O)CC/C(=N\NC(=O)C(O)(c1ccccc1)c1ccccc1)c1ccccc1. The summed E-state index contributed by atoms with van der Waals surface area (Å²) in [4.78, 5) is 24.2. The molecule has 0 radical (unpaired) electrons. The van der Waals surface area contributed by atoms with Gasteiger partial charge in [0.2, 0.25) is 0 Å². The third-order valence-corrected chi connectivity index (χ3v) is 4.69. The van der Waals surface area contributed by atoms with Crippen LogP contribution in [-0.4, -0.2) is 27.8 Å². The lowest BCUT2D eigenvalue weighted by atomic mass is 9.85. The average Bonchev–Trinajstić information content (AvgIpc) is 2.80. The maximum atomic E-state index is 13.2. The van der Waals surface area contributed by atoms with E-state index in [0.717, 1.165) is 0 Å². The van der Waals surface area contributed by atoms with Crippen LogP contribution < -0.4 is 5.43 Å². The van der Waals surface area contributed by atoms with E-state index in [1.807, 2.05) is 6.07 Å². The molecule has 6 nitrogen and oxygen atoms in total. The van der Waals surface area contributed by atoms with Gasteiger partial charge in [0.15, 0.2) is 5.60 Å². The fourth-order valence-electron chi connectivity index (χ4n) is 3.11. The van der Waals surface area contributed by atoms with Gasteiger partial charge in [-0.25, -0.2) is 5.43 Å². The van der Waals surface area contributed by atoms with Crippen molar-refractivity contribution in [3.63, 3.8) is 0 Å². The molecule has 0 spiro atoms. The number of rotatable bonds is 8. The van der Waals surface area contributed by atoms with Crippen molar-refractivity contribution in [1.82, 2.24) is 5.43 Å². The third kappa shape index (κ3) is 4.79. The van der Waals surface area contributed by atoms with Crippen LogP contribution in [-0.2, 0) is 15.2 Å². The third-order valence-electron chi connectivity index (χ3n) is 4.69. The van der Waals surface area contributed by atoms with Gasteiger partial charge in [-0.05, 0) is 16.7 Å². The van der Waals surface area contributed by atoms with Crippen molar-refractivity contribution in [2.24, 2.45) is 5.10 Å². The number of nitrogens with one attached hydrogen (secondary N) is 1. The molecule has 0 aliphatic rings. The zero-order valence-corrected chi connectivity index (χ0v) is 16.2. The van der Waals surface area contributed by atoms with Crippen molar-refractivity contribution >= 4 is 17.6 Å². The molecule has 0 saturated heterocycles. The van der Waals surface area contributed by atoms with Gasteiger partial charge in [-0.3, -0.25) is 9.59 Å². The minimum absolute atomic E-state index is 0.134. The van der Waals surface area contributed by atoms with Gasteiger partial charge in [-0.15, -0.1) is 0 Å². The highest BCUT2D eigenvalue weighted by atomic mass is 16.4. The molecule has 0 atom stereocenters. The molecule has 3 aromatic rings. The first-order valence-corrected chi connectivity index (χ1v) is 9.49. The highest BCUT2D eigenvalue weighted by molar-refractivity contribution is 6.02. The molecule has 152 valence electrons. The number of amides is 1. The van der Waals surface area contributed by atoms with E-state index >= 15 is 0 Å². The Morgan fingerprint density at radius 1 is 0.767 bits per heavy atom. The molecular formula is C24H22N2O4. The van der Waals surface area contributed by atoms with Gasteiger partial charge in [0.1, 0.15) is 0 Å². The van der Waals surface area contributed by atoms with Gasteiger partial charge in [0.25, 0.3) is 5.91 Å². The molecule has 1 amide bonds. The Morgan fingerprint density at radius 2 is 1.23 bits per heavy atom. The van der Waals surface area contributed by atoms with Gasteiger partial charge in [-0.2, -0.15) is 5.10 Å². The summed E-state index contributed by atoms with van der Waals surface area (Å²) < 4.78 is 0. The van der Waals surface area contributed by atoms with Gasteiger partial charge in [-0.1, -0.05) is 91.0 Å². The second kappa shape index (κ2) is 9.62. The van der Waals surface area contributed by atoms with Crippen molar-refractivity contribution in [2.75, 3.05) is 0 Å². The smallest absolute Gasteiger partial charge is 0.303 e. The van der Waals surface area contributed by atoms with Crippen LogP contribution in [0.5, 0.6) is 0 Å². The molecule has 30 heavy (non-hydrogen) atoms. The average molecular weight is 402 g/mol. The summed E-state index contributed by atoms with van der Waals surface area (Å²) in [5.74, 6) is -1.70. The molecule has 0 saturated carbocycles. The first-order chi connectivity index (χ1) is 14.5. The second-order valence-corrected chi connectivity index (χ2v) is 6.70. The quantitative estimate of drug-likeness (QED) is 0.398. The first kappa shape index (κ1) is 21.0. The molecule has 3 aromatic carbocycles. The standard InChI is InChI=1S/C24H22N2O4/c27-22(28)17-16-21(18-10-4-1-5-11-18)25-26-23(29)24(30,19-12-6-2-7-13-19)20-14-8-3-9-15-20/h1-15,30H,16-17H2,(H,26,29)(H,27,28)/b25-21+. The number of carbonyl (C=O) groups is 2. The lowest BCUT2D eigenvalue weighted by Crippen LogP contribution is -2.44. The zero-order valence-electron chi connectivity index (χ0n) is 16.2. The van der Waals surface area contributed by atoms with Crippen LogP contribution in [0.15, 0.2) is 96.1 Å². The minimum Gasteiger partial charge on any atom is -0.481 e. The summed E-state index contributed by atoms with van der Waals surface area (Å²) in [5, 5.41) is 24.7. The highest BCUT2D eigenvalue weighted by Crippen LogP contribution is 2.29. The summed E-state index contributed by atoms with van der Waals surface area (Å²) in [6, 6.07) is 26.2. The molecule has 6 heteroatoms. The van der Waals surface area contributed by atoms with E-state index in [0.29, 0.717) is 22.4 Å². The van der Waals surface area contributed by atoms with E-state index < -0.39 is 17.5 Å². The number of nitrogens with zero attached hydrogens (tertiary/aromatic N) is 1. The summed E-state index contributed by atoms with van der Waals surface area (Å²) >= 11 is 0. The van der Waals surface area contributed by atoms with E-state index in [1.54, 1.807) is 84.9 Å². The minimum atomic E-state index is -1.96. The Bertz CT molecular complexity index is 979. The van der Waals surface area contributed by atoms with Crippen molar-refractivity contribution in [3.8, 4) is 0 Å². The summed E-state index contributed by atoms with van der Waals surface area (Å²) in [7, 11) is 0. The second-order valence-electron chi connectivity index (χ2n) is 6.70. The summed E-state index contributed by atoms with van der Waals surface area (Å²) in [5.41, 5.74) is 2.40. The van der Waals surface area contributed by atoms with Gasteiger partial charge < -0.3 is 10.2 Å². The predicted molar refractivity (Wildman–Crippen MR) is 114 cm³/mol. The van der Waals surface area contributed by atoms with Gasteiger partial charge in [0.05, 0.1) is 12.1 Å². The maximum absolute atomic E-state index is 13.2. The van der Waals surface area contributed by atoms with E-state index in [9.17, 15) is 14.7 Å². The van der Waals surface area contributed by atoms with Crippen LogP contribution in [0.25, 0.3) is 0 Å². The van der Waals surface area contributed by atoms with Crippen molar-refractivity contribution < 1.29 is 19.8 Å². The Hall–Kier alpha value is -3.77. The summed E-state index contributed by atoms with van der Waals surface area (Å²) in [6.45, 7) is 0. The molecular weight excluding hydrogens is 380 g/mol. The number of carboxylic acid groups (broad SMARTS) is 1. The number of hydrogen-bond acceptors (Lipinski definition) is 4. The topological polar surface area (TPSA) is 99.0 Å². The first-order valence-electron chi connectivity index (χ1n) is 9.49. The molecule has 0 fully saturated rings. The normalized spacial score (nSPS) is 11.7. The van der Waals surface area contributed by atoms with Crippen molar-refractivity contribution in [1.29, 1.82) is 0 Å². The fourth-order valence-corrected chi connectivity index (χ4v) is 3.11. The maximum Gasteiger partial charge on any atom is 0.303 e. The van der Waals surface area contributed by atoms with Crippen molar-refractivity contribution in [2.45, 2.75) is 18.4 Å². The number of hydrogen-bond donors (Lipinski definition) is 3. The van der Waals surface area contributed by atoms with E-state index in [-0.39, 0.29) is 12.8 Å². The lowest BCUT2D eigenvalue weighted by molar-refractivity contribution is -0.137. The number of aliphatic carboxylic acids is 1. The number of carboxylic acids is 1. The molecule has 3 N–H and O–H groups in total. The molecule has 0 aliphatic carbocycles. The van der Waals surface area contributed by atoms with E-state index in [4.69, 9.17) is 5.11 Å². The Labute approximate surface area is 174 Å². The molecule has 0 bridgehead atoms. The monoisotopic (exact) mass is 402 g/mol. The van der Waals surface area contributed by atoms with E-state index in [1.165, 1.54) is 0 Å². The Morgan fingerprint density at radius 3 is 1.70 bits per heavy atom. The van der Waals surface area contributed by atoms with Crippen molar-refractivity contribution in [3.05, 3.63) is 108 Å². The van der Waals surface area contributed by atoms with Gasteiger partial charge in [0, 0.05) is 6.42 Å². The van der Waals surface area contributed by atoms with Crippen LogP contribution in [0.3, 0.4) is 0 Å². The number of aliphatic hydroxyl groups is 1. The van der Waals surface area contributed by atoms with Crippen LogP contribution in [0, 0.1) is 0 Å². The number of hydrazone groups is 1. The Kier molecular flexibility index (Phi) is 6.72. The van der Waals surface area contributed by atoms with Crippen LogP contribution >= 0.6 is 0 Å².